The SMILES string of the molecule is O=C1C(c2ccc([N+](=O)[O-])cc2)=C(N2CCCC(CO)C2)C(=O)N1Cc1cccnc1. The first-order valence-corrected chi connectivity index (χ1v) is 10.1. The number of hydrogen-bond donors (Lipinski definition) is 1. The van der Waals surface area contributed by atoms with Crippen molar-refractivity contribution in [2.75, 3.05) is 19.7 Å². The lowest BCUT2D eigenvalue weighted by Gasteiger charge is -2.34. The number of likely N-dealkylation sites (tertiary alicyclic amines) is 1. The molecule has 1 N–H and O–H groups in total. The van der Waals surface area contributed by atoms with Gasteiger partial charge in [-0.25, -0.2) is 0 Å². The molecule has 2 aliphatic rings. The Bertz CT molecular complexity index is 1040. The molecular formula is C22H22N4O5. The molecule has 2 aliphatic heterocycles. The number of hydrogen-bond acceptors (Lipinski definition) is 7. The van der Waals surface area contributed by atoms with Gasteiger partial charge < -0.3 is 10.0 Å². The van der Waals surface area contributed by atoms with Crippen molar-refractivity contribution < 1.29 is 19.6 Å². The van der Waals surface area contributed by atoms with Gasteiger partial charge in [0.1, 0.15) is 5.70 Å². The molecule has 1 saturated heterocycles. The number of rotatable bonds is 6. The molecule has 2 aromatic rings. The molecule has 1 unspecified atom stereocenters. The van der Waals surface area contributed by atoms with Gasteiger partial charge in [0.15, 0.2) is 0 Å². The van der Waals surface area contributed by atoms with Gasteiger partial charge in [0.2, 0.25) is 0 Å². The number of non-ortho nitro benzene ring substituents is 1. The van der Waals surface area contributed by atoms with Crippen LogP contribution in [0.5, 0.6) is 0 Å². The zero-order valence-corrected chi connectivity index (χ0v) is 16.8. The largest absolute Gasteiger partial charge is 0.396 e. The van der Waals surface area contributed by atoms with Gasteiger partial charge in [-0.2, -0.15) is 0 Å². The highest BCUT2D eigenvalue weighted by molar-refractivity contribution is 6.35. The van der Waals surface area contributed by atoms with Crippen LogP contribution in [0.3, 0.4) is 0 Å². The summed E-state index contributed by atoms with van der Waals surface area (Å²) in [6, 6.07) is 9.18. The fourth-order valence-electron chi connectivity index (χ4n) is 4.10. The maximum Gasteiger partial charge on any atom is 0.278 e. The highest BCUT2D eigenvalue weighted by Crippen LogP contribution is 2.35. The normalized spacial score (nSPS) is 19.3. The van der Waals surface area contributed by atoms with E-state index in [1.165, 1.54) is 29.2 Å². The Hall–Kier alpha value is -3.59. The highest BCUT2D eigenvalue weighted by Gasteiger charge is 2.42. The number of pyridine rings is 1. The van der Waals surface area contributed by atoms with Gasteiger partial charge in [-0.15, -0.1) is 0 Å². The fraction of sp³-hybridized carbons (Fsp3) is 0.318. The van der Waals surface area contributed by atoms with E-state index in [2.05, 4.69) is 4.98 Å². The van der Waals surface area contributed by atoms with Gasteiger partial charge in [-0.1, -0.05) is 6.07 Å². The standard InChI is InChI=1S/C22H22N4O5/c27-14-16-4-2-10-24(12-16)20-19(17-5-7-18(8-6-17)26(30)31)21(28)25(22(20)29)13-15-3-1-9-23-11-15/h1,3,5-9,11,16,27H,2,4,10,12-14H2. The maximum absolute atomic E-state index is 13.4. The average Bonchev–Trinajstić information content (AvgIpc) is 3.04. The summed E-state index contributed by atoms with van der Waals surface area (Å²) in [5, 5.41) is 20.6. The molecule has 0 aliphatic carbocycles. The third kappa shape index (κ3) is 4.04. The number of piperidine rings is 1. The van der Waals surface area contributed by atoms with Crippen molar-refractivity contribution >= 4 is 23.1 Å². The number of nitrogens with zero attached hydrogens (tertiary/aromatic N) is 4. The minimum Gasteiger partial charge on any atom is -0.396 e. The summed E-state index contributed by atoms with van der Waals surface area (Å²) in [4.78, 5) is 44.3. The molecule has 31 heavy (non-hydrogen) atoms. The number of carbonyl (C=O) groups is 2. The van der Waals surface area contributed by atoms with E-state index in [0.717, 1.165) is 18.4 Å². The van der Waals surface area contributed by atoms with Crippen LogP contribution < -0.4 is 0 Å². The van der Waals surface area contributed by atoms with Gasteiger partial charge in [-0.05, 0) is 48.1 Å². The van der Waals surface area contributed by atoms with Crippen LogP contribution in [-0.2, 0) is 16.1 Å². The number of aromatic nitrogens is 1. The van der Waals surface area contributed by atoms with Crippen molar-refractivity contribution in [3.63, 3.8) is 0 Å². The molecule has 1 aromatic carbocycles. The number of benzene rings is 1. The lowest BCUT2D eigenvalue weighted by atomic mass is 9.97. The average molecular weight is 422 g/mol. The van der Waals surface area contributed by atoms with E-state index in [1.54, 1.807) is 24.5 Å². The number of amides is 2. The Kier molecular flexibility index (Phi) is 5.77. The zero-order valence-electron chi connectivity index (χ0n) is 16.8. The van der Waals surface area contributed by atoms with Crippen LogP contribution in [0.25, 0.3) is 5.57 Å². The van der Waals surface area contributed by atoms with E-state index in [1.807, 2.05) is 4.90 Å². The van der Waals surface area contributed by atoms with Gasteiger partial charge in [-0.3, -0.25) is 29.6 Å². The number of nitro groups is 1. The van der Waals surface area contributed by atoms with E-state index in [0.29, 0.717) is 24.4 Å². The molecule has 9 heteroatoms. The van der Waals surface area contributed by atoms with E-state index >= 15 is 0 Å². The van der Waals surface area contributed by atoms with Gasteiger partial charge >= 0.3 is 0 Å². The second kappa shape index (κ2) is 8.65. The Morgan fingerprint density at radius 3 is 2.58 bits per heavy atom. The van der Waals surface area contributed by atoms with Crippen LogP contribution in [-0.4, -0.2) is 56.3 Å². The van der Waals surface area contributed by atoms with Gasteiger partial charge in [0, 0.05) is 44.2 Å². The Balaban J connectivity index is 1.74. The molecule has 160 valence electrons. The predicted molar refractivity (Wildman–Crippen MR) is 111 cm³/mol. The highest BCUT2D eigenvalue weighted by atomic mass is 16.6. The second-order valence-corrected chi connectivity index (χ2v) is 7.72. The summed E-state index contributed by atoms with van der Waals surface area (Å²) in [5.74, 6) is -0.820. The van der Waals surface area contributed by atoms with E-state index in [4.69, 9.17) is 0 Å². The third-order valence-electron chi connectivity index (χ3n) is 5.67. The fourth-order valence-corrected chi connectivity index (χ4v) is 4.10. The van der Waals surface area contributed by atoms with Crippen LogP contribution in [0.15, 0.2) is 54.5 Å². The Labute approximate surface area is 178 Å². The van der Waals surface area contributed by atoms with Crippen LogP contribution in [0, 0.1) is 16.0 Å². The molecule has 3 heterocycles. The monoisotopic (exact) mass is 422 g/mol. The lowest BCUT2D eigenvalue weighted by Crippen LogP contribution is -2.40. The van der Waals surface area contributed by atoms with Crippen molar-refractivity contribution in [1.29, 1.82) is 0 Å². The third-order valence-corrected chi connectivity index (χ3v) is 5.67. The molecule has 0 spiro atoms. The van der Waals surface area contributed by atoms with Crippen LogP contribution >= 0.6 is 0 Å². The topological polar surface area (TPSA) is 117 Å². The van der Waals surface area contributed by atoms with Gasteiger partial charge in [0.05, 0.1) is 17.0 Å². The minimum atomic E-state index is -0.508. The summed E-state index contributed by atoms with van der Waals surface area (Å²) >= 11 is 0. The molecule has 4 rings (SSSR count). The molecule has 1 aromatic heterocycles. The summed E-state index contributed by atoms with van der Waals surface area (Å²) in [7, 11) is 0. The van der Waals surface area contributed by atoms with Crippen LogP contribution in [0.2, 0.25) is 0 Å². The van der Waals surface area contributed by atoms with Crippen molar-refractivity contribution in [2.45, 2.75) is 19.4 Å². The van der Waals surface area contributed by atoms with Crippen molar-refractivity contribution in [3.05, 3.63) is 75.7 Å². The number of imide groups is 1. The lowest BCUT2D eigenvalue weighted by molar-refractivity contribution is -0.384. The van der Waals surface area contributed by atoms with Crippen molar-refractivity contribution in [2.24, 2.45) is 5.92 Å². The molecule has 2 amide bonds. The Morgan fingerprint density at radius 2 is 1.94 bits per heavy atom. The maximum atomic E-state index is 13.4. The van der Waals surface area contributed by atoms with E-state index in [-0.39, 0.29) is 30.3 Å². The van der Waals surface area contributed by atoms with Gasteiger partial charge in [0.25, 0.3) is 17.5 Å². The van der Waals surface area contributed by atoms with E-state index < -0.39 is 16.7 Å². The molecule has 9 nitrogen and oxygen atoms in total. The Morgan fingerprint density at radius 1 is 1.16 bits per heavy atom. The number of carbonyl (C=O) groups excluding carboxylic acids is 2. The first-order valence-electron chi connectivity index (χ1n) is 10.1. The zero-order chi connectivity index (χ0) is 22.0. The molecule has 1 atom stereocenters. The molecule has 0 bridgehead atoms. The molecule has 0 radical (unpaired) electrons. The van der Waals surface area contributed by atoms with Crippen LogP contribution in [0.4, 0.5) is 5.69 Å². The first-order chi connectivity index (χ1) is 15.0. The number of aliphatic hydroxyl groups excluding tert-OH is 1. The minimum absolute atomic E-state index is 0.0121. The van der Waals surface area contributed by atoms with Crippen molar-refractivity contribution in [3.8, 4) is 0 Å². The molecule has 0 saturated carbocycles. The van der Waals surface area contributed by atoms with E-state index in [9.17, 15) is 24.8 Å². The smallest absolute Gasteiger partial charge is 0.278 e. The number of nitro benzene ring substituents is 1. The van der Waals surface area contributed by atoms with Crippen LogP contribution in [0.1, 0.15) is 24.0 Å². The molecular weight excluding hydrogens is 400 g/mol. The first kappa shape index (κ1) is 20.7. The second-order valence-electron chi connectivity index (χ2n) is 7.72. The number of aliphatic hydroxyl groups is 1. The summed E-state index contributed by atoms with van der Waals surface area (Å²) in [6.07, 6.45) is 4.87. The summed E-state index contributed by atoms with van der Waals surface area (Å²) < 4.78 is 0. The predicted octanol–water partition coefficient (Wildman–Crippen LogP) is 1.97. The quantitative estimate of drug-likeness (QED) is 0.430. The molecule has 1 fully saturated rings. The summed E-state index contributed by atoms with van der Waals surface area (Å²) in [5.41, 5.74) is 1.62. The van der Waals surface area contributed by atoms with Crippen molar-refractivity contribution in [1.82, 2.24) is 14.8 Å². The summed E-state index contributed by atoms with van der Waals surface area (Å²) in [6.45, 7) is 1.17.